The van der Waals surface area contributed by atoms with Gasteiger partial charge in [-0.15, -0.1) is 11.8 Å². The van der Waals surface area contributed by atoms with E-state index in [1.165, 1.54) is 76.0 Å². The third-order valence-corrected chi connectivity index (χ3v) is 10.8. The monoisotopic (exact) mass is 757 g/mol. The predicted octanol–water partition coefficient (Wildman–Crippen LogP) is 3.78. The summed E-state index contributed by atoms with van der Waals surface area (Å²) in [5.41, 5.74) is 6.48. The average Bonchev–Trinajstić information content (AvgIpc) is 3.57. The van der Waals surface area contributed by atoms with E-state index in [9.17, 15) is 24.3 Å². The van der Waals surface area contributed by atoms with Crippen LogP contribution in [0.2, 0.25) is 0 Å². The van der Waals surface area contributed by atoms with E-state index in [1.54, 1.807) is 23.9 Å². The van der Waals surface area contributed by atoms with E-state index in [0.717, 1.165) is 41.3 Å². The molecule has 1 unspecified atom stereocenters. The van der Waals surface area contributed by atoms with Crippen LogP contribution in [0.5, 0.6) is 0 Å². The van der Waals surface area contributed by atoms with Crippen molar-refractivity contribution >= 4 is 57.9 Å². The first kappa shape index (κ1) is 40.7. The number of rotatable bonds is 24. The maximum absolute atomic E-state index is 13.2. The molecule has 2 aliphatic heterocycles. The van der Waals surface area contributed by atoms with Crippen molar-refractivity contribution in [1.29, 1.82) is 0 Å². The number of ether oxygens (including phenoxy) is 1. The fraction of sp³-hybridized carbons (Fsp3) is 0.611. The zero-order chi connectivity index (χ0) is 37.3. The van der Waals surface area contributed by atoms with Crippen molar-refractivity contribution in [2.45, 2.75) is 128 Å². The lowest BCUT2D eigenvalue weighted by molar-refractivity contribution is -0.689. The summed E-state index contributed by atoms with van der Waals surface area (Å²) in [5, 5.41) is 18.1. The number of carboxylic acids is 1. The van der Waals surface area contributed by atoms with Gasteiger partial charge in [0.15, 0.2) is 24.1 Å². The van der Waals surface area contributed by atoms with Crippen LogP contribution in [-0.2, 0) is 41.9 Å². The van der Waals surface area contributed by atoms with Gasteiger partial charge >= 0.3 is 5.97 Å². The summed E-state index contributed by atoms with van der Waals surface area (Å²) < 4.78 is 11.3. The molecule has 4 heterocycles. The van der Waals surface area contributed by atoms with E-state index in [0.29, 0.717) is 17.7 Å². The van der Waals surface area contributed by atoms with Crippen molar-refractivity contribution in [2.24, 2.45) is 5.16 Å². The highest BCUT2D eigenvalue weighted by molar-refractivity contribution is 8.00. The van der Waals surface area contributed by atoms with E-state index >= 15 is 0 Å². The highest BCUT2D eigenvalue weighted by Gasteiger charge is 2.53. The van der Waals surface area contributed by atoms with Crippen LogP contribution >= 0.6 is 23.3 Å². The van der Waals surface area contributed by atoms with Crippen LogP contribution < -0.4 is 20.7 Å². The number of amides is 2. The first-order valence-corrected chi connectivity index (χ1v) is 20.2. The molecule has 0 aromatic carbocycles. The zero-order valence-corrected chi connectivity index (χ0v) is 31.8. The molecule has 0 aliphatic carbocycles. The molecule has 16 heteroatoms. The molecule has 14 nitrogen and oxygen atoms in total. The molecule has 3 N–H and O–H groups in total. The number of thioether (sulfide) groups is 1. The zero-order valence-electron chi connectivity index (χ0n) is 30.2. The van der Waals surface area contributed by atoms with Gasteiger partial charge in [-0.1, -0.05) is 89.1 Å². The van der Waals surface area contributed by atoms with Gasteiger partial charge < -0.3 is 30.5 Å². The van der Waals surface area contributed by atoms with E-state index in [2.05, 4.69) is 26.8 Å². The van der Waals surface area contributed by atoms with E-state index in [4.69, 9.17) is 15.3 Å². The Labute approximate surface area is 313 Å². The first-order chi connectivity index (χ1) is 25.2. The highest BCUT2D eigenvalue weighted by atomic mass is 32.2. The largest absolute Gasteiger partial charge is 0.543 e. The minimum Gasteiger partial charge on any atom is -0.543 e. The number of nitrogen functional groups attached to an aromatic ring is 1. The summed E-state index contributed by atoms with van der Waals surface area (Å²) in [7, 11) is 0. The minimum absolute atomic E-state index is 0.0442. The summed E-state index contributed by atoms with van der Waals surface area (Å²) in [6.45, 7) is 4.47. The number of nitrogens with one attached hydrogen (secondary N) is 1. The van der Waals surface area contributed by atoms with Crippen LogP contribution in [0.4, 0.5) is 5.13 Å². The lowest BCUT2D eigenvalue weighted by Gasteiger charge is -2.50. The van der Waals surface area contributed by atoms with E-state index in [1.807, 2.05) is 12.1 Å². The average molecular weight is 758 g/mol. The fourth-order valence-corrected chi connectivity index (χ4v) is 7.85. The van der Waals surface area contributed by atoms with Gasteiger partial charge in [0, 0.05) is 47.0 Å². The molecule has 52 heavy (non-hydrogen) atoms. The molecule has 0 spiro atoms. The lowest BCUT2D eigenvalue weighted by Crippen LogP contribution is -2.71. The Morgan fingerprint density at radius 3 is 2.23 bits per heavy atom. The SMILES string of the molecule is CCCCCCCCCCCCCCCC(=O)OCc1cc[n+](CC2=C(C(=O)[O-])N3C(=O)C(NC(=O)C(=NOCC)c4nsc(N)n4)[C@H]3SC2)cc1. The Hall–Kier alpha value is -4.05. The molecule has 284 valence electrons. The maximum atomic E-state index is 13.2. The predicted molar refractivity (Wildman–Crippen MR) is 196 cm³/mol. The van der Waals surface area contributed by atoms with Gasteiger partial charge in [0.25, 0.3) is 11.8 Å². The third-order valence-electron chi connectivity index (χ3n) is 8.90. The number of carboxylic acid groups (broad SMARTS) is 1. The number of hydrogen-bond acceptors (Lipinski definition) is 13. The van der Waals surface area contributed by atoms with Gasteiger partial charge in [0.05, 0.1) is 11.7 Å². The molecule has 2 amide bonds. The standard InChI is InChI=1S/C36H51N7O7S2/c1-3-5-6-7-8-9-10-11-12-13-14-15-16-17-27(44)49-23-25-18-20-42(21-19-25)22-26-24-51-34-29(33(46)43(34)30(26)35(47)48)38-32(45)28(40-50-4-2)31-39-36(37)52-41-31/h18-21,29,34H,3-17,22-24H2,1-2H3,(H3-,37,38,39,41,45,47,48)/t29?,34-/m1/s1. The number of fused-ring (bicyclic) bond motifs is 1. The molecule has 0 bridgehead atoms. The smallest absolute Gasteiger partial charge is 0.306 e. The van der Waals surface area contributed by atoms with Crippen LogP contribution in [0.25, 0.3) is 0 Å². The number of oxime groups is 1. The number of esters is 1. The lowest BCUT2D eigenvalue weighted by atomic mass is 10.0. The summed E-state index contributed by atoms with van der Waals surface area (Å²) in [6.07, 6.45) is 20.2. The van der Waals surface area contributed by atoms with E-state index in [-0.39, 0.29) is 48.1 Å². The van der Waals surface area contributed by atoms with Crippen LogP contribution in [0, 0.1) is 0 Å². The van der Waals surface area contributed by atoms with Crippen LogP contribution in [-0.4, -0.2) is 67.5 Å². The Morgan fingerprint density at radius 2 is 1.65 bits per heavy atom. The number of aliphatic carboxylic acids is 1. The number of β-lactam (4-membered cyclic amide) rings is 1. The molecular weight excluding hydrogens is 707 g/mol. The number of unbranched alkanes of at least 4 members (excludes halogenated alkanes) is 12. The molecule has 0 saturated carbocycles. The van der Waals surface area contributed by atoms with Gasteiger partial charge in [-0.25, -0.2) is 4.57 Å². The number of anilines is 1. The first-order valence-electron chi connectivity index (χ1n) is 18.4. The van der Waals surface area contributed by atoms with Crippen LogP contribution in [0.15, 0.2) is 41.0 Å². The second-order valence-corrected chi connectivity index (χ2v) is 14.8. The quantitative estimate of drug-likeness (QED) is 0.0396. The second kappa shape index (κ2) is 21.5. The Kier molecular flexibility index (Phi) is 16.8. The number of nitrogens with zero attached hydrogens (tertiary/aromatic N) is 5. The Balaban J connectivity index is 1.18. The van der Waals surface area contributed by atoms with Crippen molar-refractivity contribution in [1.82, 2.24) is 19.6 Å². The van der Waals surface area contributed by atoms with Gasteiger partial charge in [-0.2, -0.15) is 9.36 Å². The number of carbonyl (C=O) groups is 4. The van der Waals surface area contributed by atoms with Gasteiger partial charge in [-0.3, -0.25) is 19.3 Å². The molecule has 1 saturated heterocycles. The van der Waals surface area contributed by atoms with Crippen LogP contribution in [0.1, 0.15) is 115 Å². The number of pyridine rings is 1. The normalized spacial score (nSPS) is 17.1. The number of hydrogen-bond donors (Lipinski definition) is 2. The summed E-state index contributed by atoms with van der Waals surface area (Å²) >= 11 is 2.20. The van der Waals surface area contributed by atoms with Crippen molar-refractivity contribution < 1.29 is 38.4 Å². The van der Waals surface area contributed by atoms with Crippen molar-refractivity contribution in [2.75, 3.05) is 18.1 Å². The third kappa shape index (κ3) is 12.0. The van der Waals surface area contributed by atoms with Crippen LogP contribution in [0.3, 0.4) is 0 Å². The van der Waals surface area contributed by atoms with Gasteiger partial charge in [0.1, 0.15) is 24.6 Å². The van der Waals surface area contributed by atoms with Gasteiger partial charge in [0.2, 0.25) is 11.5 Å². The summed E-state index contributed by atoms with van der Waals surface area (Å²) in [4.78, 5) is 61.0. The van der Waals surface area contributed by atoms with Gasteiger partial charge in [-0.05, 0) is 13.3 Å². The second-order valence-electron chi connectivity index (χ2n) is 12.9. The molecule has 2 aliphatic rings. The molecule has 4 rings (SSSR count). The highest BCUT2D eigenvalue weighted by Crippen LogP contribution is 2.40. The summed E-state index contributed by atoms with van der Waals surface area (Å²) in [6, 6.07) is 2.61. The van der Waals surface area contributed by atoms with Crippen molar-refractivity contribution in [3.8, 4) is 0 Å². The molecule has 1 fully saturated rings. The maximum Gasteiger partial charge on any atom is 0.306 e. The fourth-order valence-electron chi connectivity index (χ4n) is 6.08. The molecule has 2 aromatic heterocycles. The number of nitrogens with two attached hydrogens (primary N) is 1. The van der Waals surface area contributed by atoms with Crippen molar-refractivity contribution in [3.05, 3.63) is 47.2 Å². The molecule has 2 atom stereocenters. The molecule has 0 radical (unpaired) electrons. The number of carbonyl (C=O) groups excluding carboxylic acids is 4. The molecule has 2 aromatic rings. The Bertz CT molecular complexity index is 1560. The number of aromatic nitrogens is 3. The Morgan fingerprint density at radius 1 is 1.02 bits per heavy atom. The topological polar surface area (TPSA) is 193 Å². The molecular formula is C36H51N7O7S2. The van der Waals surface area contributed by atoms with E-state index < -0.39 is 29.2 Å². The summed E-state index contributed by atoms with van der Waals surface area (Å²) in [5.74, 6) is -2.79. The van der Waals surface area contributed by atoms with Crippen molar-refractivity contribution in [3.63, 3.8) is 0 Å². The minimum atomic E-state index is -1.48.